The maximum atomic E-state index is 11.7. The molecule has 0 atom stereocenters. The molecule has 0 spiro atoms. The molecule has 2 aromatic rings. The molecule has 0 aliphatic rings. The average molecular weight is 270 g/mol. The topological polar surface area (TPSA) is 55.8 Å². The first-order chi connectivity index (χ1) is 9.69. The van der Waals surface area contributed by atoms with Gasteiger partial charge in [0, 0.05) is 6.08 Å². The molecule has 2 aromatic carbocycles. The predicted octanol–water partition coefficient (Wildman–Crippen LogP) is 3.02. The van der Waals surface area contributed by atoms with Crippen LogP contribution in [0.2, 0.25) is 0 Å². The molecule has 0 saturated heterocycles. The number of methoxy groups -OCH3 is 1. The van der Waals surface area contributed by atoms with E-state index in [-0.39, 0.29) is 5.75 Å². The van der Waals surface area contributed by atoms with Gasteiger partial charge in [0.1, 0.15) is 5.75 Å². The highest BCUT2D eigenvalue weighted by Gasteiger charge is 2.06. The van der Waals surface area contributed by atoms with Crippen molar-refractivity contribution in [3.63, 3.8) is 0 Å². The number of hydrogen-bond acceptors (Lipinski definition) is 4. The van der Waals surface area contributed by atoms with Crippen molar-refractivity contribution in [2.75, 3.05) is 7.11 Å². The molecule has 4 heteroatoms. The van der Waals surface area contributed by atoms with Gasteiger partial charge >= 0.3 is 5.97 Å². The van der Waals surface area contributed by atoms with Crippen molar-refractivity contribution >= 4 is 12.0 Å². The van der Waals surface area contributed by atoms with Gasteiger partial charge in [-0.1, -0.05) is 24.3 Å². The van der Waals surface area contributed by atoms with Gasteiger partial charge in [0.15, 0.2) is 11.5 Å². The van der Waals surface area contributed by atoms with Crippen LogP contribution in [0.4, 0.5) is 0 Å². The van der Waals surface area contributed by atoms with Gasteiger partial charge < -0.3 is 14.6 Å². The fraction of sp³-hybridized carbons (Fsp3) is 0.0625. The van der Waals surface area contributed by atoms with Gasteiger partial charge in [-0.05, 0) is 35.9 Å². The van der Waals surface area contributed by atoms with Crippen molar-refractivity contribution in [1.82, 2.24) is 0 Å². The van der Waals surface area contributed by atoms with E-state index in [1.54, 1.807) is 54.6 Å². The summed E-state index contributed by atoms with van der Waals surface area (Å²) in [6, 6.07) is 13.4. The second-order valence-corrected chi connectivity index (χ2v) is 4.00. The fourth-order valence-electron chi connectivity index (χ4n) is 1.60. The maximum Gasteiger partial charge on any atom is 0.336 e. The average Bonchev–Trinajstić information content (AvgIpc) is 2.47. The minimum Gasteiger partial charge on any atom is -0.508 e. The molecule has 4 nitrogen and oxygen atoms in total. The maximum absolute atomic E-state index is 11.7. The van der Waals surface area contributed by atoms with Gasteiger partial charge in [0.25, 0.3) is 0 Å². The Hall–Kier alpha value is -2.75. The Bertz CT molecular complexity index is 615. The van der Waals surface area contributed by atoms with Crippen LogP contribution in [0.3, 0.4) is 0 Å². The van der Waals surface area contributed by atoms with Crippen LogP contribution in [0.15, 0.2) is 54.6 Å². The molecule has 2 rings (SSSR count). The molecule has 0 amide bonds. The zero-order chi connectivity index (χ0) is 14.4. The predicted molar refractivity (Wildman–Crippen MR) is 75.8 cm³/mol. The molecular weight excluding hydrogens is 256 g/mol. The number of esters is 1. The highest BCUT2D eigenvalue weighted by molar-refractivity contribution is 5.89. The van der Waals surface area contributed by atoms with E-state index in [1.165, 1.54) is 13.2 Å². The minimum absolute atomic E-state index is 0.179. The summed E-state index contributed by atoms with van der Waals surface area (Å²) in [6.45, 7) is 0. The Morgan fingerprint density at radius 2 is 1.70 bits per heavy atom. The van der Waals surface area contributed by atoms with Gasteiger partial charge in [-0.2, -0.15) is 0 Å². The van der Waals surface area contributed by atoms with Crippen molar-refractivity contribution < 1.29 is 19.4 Å². The first-order valence-corrected chi connectivity index (χ1v) is 6.01. The summed E-state index contributed by atoms with van der Waals surface area (Å²) in [4.78, 5) is 11.7. The van der Waals surface area contributed by atoms with Gasteiger partial charge in [-0.25, -0.2) is 4.79 Å². The molecule has 0 radical (unpaired) electrons. The highest BCUT2D eigenvalue weighted by atomic mass is 16.6. The molecule has 0 fully saturated rings. The minimum atomic E-state index is -0.498. The van der Waals surface area contributed by atoms with Gasteiger partial charge in [0.2, 0.25) is 0 Å². The van der Waals surface area contributed by atoms with E-state index >= 15 is 0 Å². The lowest BCUT2D eigenvalue weighted by Crippen LogP contribution is -2.04. The van der Waals surface area contributed by atoms with E-state index in [4.69, 9.17) is 14.6 Å². The summed E-state index contributed by atoms with van der Waals surface area (Å²) in [6.07, 6.45) is 2.93. The van der Waals surface area contributed by atoms with E-state index in [2.05, 4.69) is 0 Å². The number of benzene rings is 2. The first-order valence-electron chi connectivity index (χ1n) is 6.01. The second-order valence-electron chi connectivity index (χ2n) is 4.00. The number of ether oxygens (including phenoxy) is 2. The standard InChI is InChI=1S/C16H14O4/c1-19-14-4-2-3-5-15(14)20-16(18)11-8-12-6-9-13(17)10-7-12/h2-11,17H,1H3. The molecule has 0 saturated carbocycles. The van der Waals surface area contributed by atoms with Gasteiger partial charge in [-0.15, -0.1) is 0 Å². The number of rotatable bonds is 4. The van der Waals surface area contributed by atoms with E-state index < -0.39 is 5.97 Å². The molecule has 0 bridgehead atoms. The van der Waals surface area contributed by atoms with Crippen molar-refractivity contribution in [2.45, 2.75) is 0 Å². The number of phenols is 1. The second kappa shape index (κ2) is 6.43. The SMILES string of the molecule is COc1ccccc1OC(=O)C=Cc1ccc(O)cc1. The summed E-state index contributed by atoms with van der Waals surface area (Å²) in [5.74, 6) is 0.551. The summed E-state index contributed by atoms with van der Waals surface area (Å²) in [5.41, 5.74) is 0.791. The molecule has 0 unspecified atom stereocenters. The zero-order valence-corrected chi connectivity index (χ0v) is 10.9. The van der Waals surface area contributed by atoms with Crippen LogP contribution in [-0.4, -0.2) is 18.2 Å². The summed E-state index contributed by atoms with van der Waals surface area (Å²) >= 11 is 0. The highest BCUT2D eigenvalue weighted by Crippen LogP contribution is 2.25. The molecule has 20 heavy (non-hydrogen) atoms. The van der Waals surface area contributed by atoms with Crippen molar-refractivity contribution in [2.24, 2.45) is 0 Å². The van der Waals surface area contributed by atoms with Crippen molar-refractivity contribution in [3.05, 3.63) is 60.2 Å². The van der Waals surface area contributed by atoms with Crippen LogP contribution in [0, 0.1) is 0 Å². The van der Waals surface area contributed by atoms with Crippen LogP contribution in [0.25, 0.3) is 6.08 Å². The van der Waals surface area contributed by atoms with E-state index in [9.17, 15) is 4.79 Å². The molecule has 0 aromatic heterocycles. The molecular formula is C16H14O4. The van der Waals surface area contributed by atoms with Crippen molar-refractivity contribution in [3.8, 4) is 17.2 Å². The monoisotopic (exact) mass is 270 g/mol. The number of hydrogen-bond donors (Lipinski definition) is 1. The number of para-hydroxylation sites is 2. The van der Waals surface area contributed by atoms with Gasteiger partial charge in [-0.3, -0.25) is 0 Å². The summed E-state index contributed by atoms with van der Waals surface area (Å²) < 4.78 is 10.3. The van der Waals surface area contributed by atoms with E-state index in [0.717, 1.165) is 5.56 Å². The van der Waals surface area contributed by atoms with Crippen LogP contribution in [0.5, 0.6) is 17.2 Å². The Morgan fingerprint density at radius 3 is 2.35 bits per heavy atom. The first kappa shape index (κ1) is 13.7. The largest absolute Gasteiger partial charge is 0.508 e. The number of aromatic hydroxyl groups is 1. The normalized spacial score (nSPS) is 10.4. The lowest BCUT2D eigenvalue weighted by Gasteiger charge is -2.06. The molecule has 102 valence electrons. The molecule has 0 aliphatic heterocycles. The Kier molecular flexibility index (Phi) is 4.39. The third-order valence-electron chi connectivity index (χ3n) is 2.58. The van der Waals surface area contributed by atoms with Crippen LogP contribution in [0.1, 0.15) is 5.56 Å². The smallest absolute Gasteiger partial charge is 0.336 e. The zero-order valence-electron chi connectivity index (χ0n) is 10.9. The van der Waals surface area contributed by atoms with E-state index in [0.29, 0.717) is 11.5 Å². The van der Waals surface area contributed by atoms with Crippen molar-refractivity contribution in [1.29, 1.82) is 0 Å². The lowest BCUT2D eigenvalue weighted by molar-refractivity contribution is -0.129. The van der Waals surface area contributed by atoms with E-state index in [1.807, 2.05) is 0 Å². The van der Waals surface area contributed by atoms with Crippen LogP contribution >= 0.6 is 0 Å². The lowest BCUT2D eigenvalue weighted by atomic mass is 10.2. The quantitative estimate of drug-likeness (QED) is 0.527. The Labute approximate surface area is 116 Å². The van der Waals surface area contributed by atoms with Crippen LogP contribution in [-0.2, 0) is 4.79 Å². The molecule has 0 aliphatic carbocycles. The molecule has 1 N–H and O–H groups in total. The summed E-state index contributed by atoms with van der Waals surface area (Å²) in [7, 11) is 1.51. The summed E-state index contributed by atoms with van der Waals surface area (Å²) in [5, 5.41) is 9.16. The third kappa shape index (κ3) is 3.62. The fourth-order valence-corrected chi connectivity index (χ4v) is 1.60. The van der Waals surface area contributed by atoms with Crippen LogP contribution < -0.4 is 9.47 Å². The number of carbonyl (C=O) groups excluding carboxylic acids is 1. The third-order valence-corrected chi connectivity index (χ3v) is 2.58. The Morgan fingerprint density at radius 1 is 1.05 bits per heavy atom. The molecule has 0 heterocycles. The Balaban J connectivity index is 2.03. The number of carbonyl (C=O) groups is 1. The van der Waals surface area contributed by atoms with Gasteiger partial charge in [0.05, 0.1) is 7.11 Å². The number of phenolic OH excluding ortho intramolecular Hbond substituents is 1.